The van der Waals surface area contributed by atoms with Gasteiger partial charge in [-0.05, 0) is 53.8 Å². The summed E-state index contributed by atoms with van der Waals surface area (Å²) in [7, 11) is 0. The molecule has 0 spiro atoms. The van der Waals surface area contributed by atoms with Gasteiger partial charge in [0.05, 0.1) is 11.0 Å². The van der Waals surface area contributed by atoms with Crippen LogP contribution >= 0.6 is 0 Å². The number of imidazole rings is 1. The van der Waals surface area contributed by atoms with E-state index in [2.05, 4.69) is 57.4 Å². The Morgan fingerprint density at radius 1 is 1.09 bits per heavy atom. The van der Waals surface area contributed by atoms with Crippen molar-refractivity contribution >= 4 is 28.6 Å². The minimum atomic E-state index is 0.0629. The molecule has 2 aliphatic rings. The fourth-order valence-electron chi connectivity index (χ4n) is 4.89. The van der Waals surface area contributed by atoms with Crippen LogP contribution in [0, 0.1) is 0 Å². The fourth-order valence-corrected chi connectivity index (χ4v) is 4.89. The summed E-state index contributed by atoms with van der Waals surface area (Å²) >= 11 is 0. The van der Waals surface area contributed by atoms with E-state index < -0.39 is 0 Å². The molecule has 0 fully saturated rings. The maximum atomic E-state index is 12.5. The van der Waals surface area contributed by atoms with Crippen LogP contribution in [0.15, 0.2) is 48.7 Å². The number of ketones is 1. The number of anilines is 2. The second-order valence-electron chi connectivity index (χ2n) is 9.00. The number of fused-ring (bicyclic) bond motifs is 3. The number of benzene rings is 2. The maximum Gasteiger partial charge on any atom is 0.204 e. The number of aromatic amines is 1. The second-order valence-corrected chi connectivity index (χ2v) is 9.00. The molecule has 4 heterocycles. The van der Waals surface area contributed by atoms with Gasteiger partial charge >= 0.3 is 0 Å². The first-order chi connectivity index (χ1) is 16.7. The van der Waals surface area contributed by atoms with Gasteiger partial charge in [0.15, 0.2) is 5.78 Å². The van der Waals surface area contributed by atoms with Gasteiger partial charge in [0.1, 0.15) is 22.9 Å². The zero-order valence-corrected chi connectivity index (χ0v) is 19.2. The number of aryl methyl sites for hydroxylation is 1. The first-order valence-electron chi connectivity index (χ1n) is 12.0. The number of carbonyl (C=O) groups excluding carboxylic acids is 1. The van der Waals surface area contributed by atoms with E-state index in [-0.39, 0.29) is 5.78 Å². The van der Waals surface area contributed by atoms with E-state index in [9.17, 15) is 4.79 Å². The Bertz CT molecular complexity index is 1390. The molecule has 0 saturated carbocycles. The largest absolute Gasteiger partial charge is 0.456 e. The Morgan fingerprint density at radius 2 is 2.03 bits per heavy atom. The zero-order valence-electron chi connectivity index (χ0n) is 19.2. The summed E-state index contributed by atoms with van der Waals surface area (Å²) in [6, 6.07) is 14.4. The molecular formula is C27H27N5O2. The summed E-state index contributed by atoms with van der Waals surface area (Å²) in [5.41, 5.74) is 6.49. The molecule has 7 heteroatoms. The van der Waals surface area contributed by atoms with E-state index in [1.807, 2.05) is 6.07 Å². The molecule has 0 radical (unpaired) electrons. The third-order valence-corrected chi connectivity index (χ3v) is 6.63. The normalized spacial score (nSPS) is 15.1. The van der Waals surface area contributed by atoms with Gasteiger partial charge in [0.2, 0.25) is 5.95 Å². The molecule has 6 rings (SSSR count). The van der Waals surface area contributed by atoms with Gasteiger partial charge in [-0.15, -0.1) is 0 Å². The van der Waals surface area contributed by atoms with Crippen molar-refractivity contribution in [2.45, 2.75) is 39.2 Å². The Kier molecular flexibility index (Phi) is 5.17. The molecule has 2 aliphatic heterocycles. The molecule has 7 nitrogen and oxygen atoms in total. The molecule has 0 unspecified atom stereocenters. The Labute approximate surface area is 198 Å². The Balaban J connectivity index is 1.25. The van der Waals surface area contributed by atoms with Crippen LogP contribution in [0.3, 0.4) is 0 Å². The molecule has 2 N–H and O–H groups in total. The van der Waals surface area contributed by atoms with Gasteiger partial charge in [0, 0.05) is 38.3 Å². The molecule has 0 aliphatic carbocycles. The van der Waals surface area contributed by atoms with Gasteiger partial charge < -0.3 is 19.9 Å². The fraction of sp³-hybridized carbons (Fsp3) is 0.296. The highest BCUT2D eigenvalue weighted by atomic mass is 16.5. The molecule has 2 aromatic carbocycles. The third-order valence-electron chi connectivity index (χ3n) is 6.63. The Morgan fingerprint density at radius 3 is 2.94 bits per heavy atom. The number of nitrogens with zero attached hydrogens (tertiary/aromatic N) is 3. The van der Waals surface area contributed by atoms with Crippen LogP contribution in [-0.4, -0.2) is 33.8 Å². The molecule has 0 amide bonds. The highest BCUT2D eigenvalue weighted by Gasteiger charge is 2.24. The minimum Gasteiger partial charge on any atom is -0.456 e. The number of pyridine rings is 1. The van der Waals surface area contributed by atoms with Crippen molar-refractivity contribution < 1.29 is 9.53 Å². The first-order valence-corrected chi connectivity index (χ1v) is 12.0. The van der Waals surface area contributed by atoms with Crippen molar-refractivity contribution in [1.82, 2.24) is 15.0 Å². The molecular weight excluding hydrogens is 426 g/mol. The predicted octanol–water partition coefficient (Wildman–Crippen LogP) is 5.26. The Hall–Kier alpha value is -3.87. The zero-order chi connectivity index (χ0) is 23.1. The van der Waals surface area contributed by atoms with E-state index >= 15 is 0 Å². The molecule has 0 atom stereocenters. The van der Waals surface area contributed by atoms with Crippen LogP contribution in [-0.2, 0) is 19.4 Å². The van der Waals surface area contributed by atoms with E-state index in [1.165, 1.54) is 16.7 Å². The first kappa shape index (κ1) is 20.7. The number of Topliss-reactive ketones (excluding diaryl/α,β-unsaturated/α-hetero) is 1. The van der Waals surface area contributed by atoms with Crippen LogP contribution in [0.2, 0.25) is 0 Å². The molecule has 172 valence electrons. The number of ether oxygens (including phenoxy) is 1. The van der Waals surface area contributed by atoms with Crippen molar-refractivity contribution in [2.75, 3.05) is 23.3 Å². The number of nitrogens with one attached hydrogen (secondary N) is 2. The van der Waals surface area contributed by atoms with E-state index in [1.54, 1.807) is 12.3 Å². The van der Waals surface area contributed by atoms with Gasteiger partial charge in [-0.25, -0.2) is 9.97 Å². The maximum absolute atomic E-state index is 12.5. The average Bonchev–Trinajstić information content (AvgIpc) is 3.28. The van der Waals surface area contributed by atoms with Crippen LogP contribution in [0.5, 0.6) is 11.5 Å². The van der Waals surface area contributed by atoms with E-state index in [0.717, 1.165) is 55.1 Å². The highest BCUT2D eigenvalue weighted by Crippen LogP contribution is 2.34. The lowest BCUT2D eigenvalue weighted by Gasteiger charge is -2.29. The highest BCUT2D eigenvalue weighted by molar-refractivity contribution is 6.04. The summed E-state index contributed by atoms with van der Waals surface area (Å²) in [6.07, 6.45) is 5.28. The van der Waals surface area contributed by atoms with Crippen molar-refractivity contribution in [2.24, 2.45) is 0 Å². The van der Waals surface area contributed by atoms with Crippen LogP contribution < -0.4 is 15.0 Å². The lowest BCUT2D eigenvalue weighted by atomic mass is 9.99. The van der Waals surface area contributed by atoms with Crippen molar-refractivity contribution in [3.8, 4) is 11.5 Å². The van der Waals surface area contributed by atoms with Crippen LogP contribution in [0.1, 0.15) is 46.8 Å². The standard InChI is InChI=1S/C27H27N5O2/c1-2-3-17-4-7-21-22(14-17)31-27(30-21)32-13-10-18-5-6-20(15-19(18)16-32)34-24-9-12-29-26-25(24)23(33)8-11-28-26/h4-7,9,12,14-15H,2-3,8,10-11,13,16H2,1H3,(H,28,29)(H,30,31). The molecule has 4 aromatic rings. The van der Waals surface area contributed by atoms with E-state index in [4.69, 9.17) is 9.72 Å². The number of H-pyrrole nitrogens is 1. The van der Waals surface area contributed by atoms with Crippen molar-refractivity contribution in [1.29, 1.82) is 0 Å². The quantitative estimate of drug-likeness (QED) is 0.429. The number of carbonyl (C=O) groups is 1. The molecule has 0 bridgehead atoms. The van der Waals surface area contributed by atoms with E-state index in [0.29, 0.717) is 30.1 Å². The van der Waals surface area contributed by atoms with Crippen LogP contribution in [0.4, 0.5) is 11.8 Å². The minimum absolute atomic E-state index is 0.0629. The number of hydrogen-bond donors (Lipinski definition) is 2. The number of rotatable bonds is 5. The van der Waals surface area contributed by atoms with Gasteiger partial charge in [-0.2, -0.15) is 0 Å². The topological polar surface area (TPSA) is 83.1 Å². The molecule has 0 saturated heterocycles. The average molecular weight is 454 g/mol. The lowest BCUT2D eigenvalue weighted by molar-refractivity contribution is 0.0981. The number of hydrogen-bond acceptors (Lipinski definition) is 6. The SMILES string of the molecule is CCCc1ccc2nc(N3CCc4ccc(Oc5ccnc6c5C(=O)CCN6)cc4C3)[nH]c2c1. The monoisotopic (exact) mass is 453 g/mol. The van der Waals surface area contributed by atoms with Crippen LogP contribution in [0.25, 0.3) is 11.0 Å². The van der Waals surface area contributed by atoms with Gasteiger partial charge in [-0.1, -0.05) is 25.5 Å². The summed E-state index contributed by atoms with van der Waals surface area (Å²) in [5, 5.41) is 3.19. The summed E-state index contributed by atoms with van der Waals surface area (Å²) in [4.78, 5) is 27.4. The summed E-state index contributed by atoms with van der Waals surface area (Å²) in [6.45, 7) is 4.47. The molecule has 34 heavy (non-hydrogen) atoms. The van der Waals surface area contributed by atoms with Gasteiger partial charge in [0.25, 0.3) is 0 Å². The smallest absolute Gasteiger partial charge is 0.204 e. The van der Waals surface area contributed by atoms with Gasteiger partial charge in [-0.3, -0.25) is 4.79 Å². The lowest BCUT2D eigenvalue weighted by Crippen LogP contribution is -2.31. The van der Waals surface area contributed by atoms with Crippen molar-refractivity contribution in [3.05, 3.63) is 70.9 Å². The molecule has 2 aromatic heterocycles. The van der Waals surface area contributed by atoms with Crippen molar-refractivity contribution in [3.63, 3.8) is 0 Å². The third kappa shape index (κ3) is 3.77. The number of aromatic nitrogens is 3. The summed E-state index contributed by atoms with van der Waals surface area (Å²) in [5.74, 6) is 2.84. The predicted molar refractivity (Wildman–Crippen MR) is 133 cm³/mol. The summed E-state index contributed by atoms with van der Waals surface area (Å²) < 4.78 is 6.20. The second kappa shape index (κ2) is 8.48.